The van der Waals surface area contributed by atoms with Gasteiger partial charge in [-0.05, 0) is 12.3 Å². The van der Waals surface area contributed by atoms with E-state index in [1.165, 1.54) is 6.20 Å². The number of rotatable bonds is 3. The van der Waals surface area contributed by atoms with Crippen LogP contribution >= 0.6 is 0 Å². The van der Waals surface area contributed by atoms with Gasteiger partial charge < -0.3 is 11.5 Å². The van der Waals surface area contributed by atoms with E-state index in [2.05, 4.69) is 6.58 Å². The molecule has 0 aromatic rings. The van der Waals surface area contributed by atoms with Crippen molar-refractivity contribution in [1.29, 1.82) is 5.41 Å². The minimum Gasteiger partial charge on any atom is -0.405 e. The fourth-order valence-electron chi connectivity index (χ4n) is 0.326. The minimum absolute atomic E-state index is 0.0262. The van der Waals surface area contributed by atoms with Crippen LogP contribution in [-0.4, -0.2) is 5.84 Å². The largest absolute Gasteiger partial charge is 0.405 e. The van der Waals surface area contributed by atoms with Gasteiger partial charge in [0.15, 0.2) is 0 Å². The van der Waals surface area contributed by atoms with Crippen LogP contribution in [-0.2, 0) is 0 Å². The first kappa shape index (κ1) is 8.49. The zero-order chi connectivity index (χ0) is 7.98. The van der Waals surface area contributed by atoms with Crippen LogP contribution in [0, 0.1) is 5.41 Å². The first-order valence-corrected chi connectivity index (χ1v) is 2.76. The maximum Gasteiger partial charge on any atom is 0.122 e. The number of amidine groups is 1. The summed E-state index contributed by atoms with van der Waals surface area (Å²) in [7, 11) is 0. The topological polar surface area (TPSA) is 75.9 Å². The first-order valence-electron chi connectivity index (χ1n) is 2.76. The SMILES string of the molecule is C=C(/C=C\C=C/N)C(=N)N. The van der Waals surface area contributed by atoms with Crippen LogP contribution in [0.1, 0.15) is 0 Å². The Morgan fingerprint density at radius 3 is 2.40 bits per heavy atom. The second-order valence-corrected chi connectivity index (χ2v) is 1.68. The predicted octanol–water partition coefficient (Wildman–Crippen LogP) is 0.507. The molecule has 0 atom stereocenters. The predicted molar refractivity (Wildman–Crippen MR) is 43.5 cm³/mol. The first-order chi connectivity index (χ1) is 4.68. The van der Waals surface area contributed by atoms with E-state index in [-0.39, 0.29) is 5.84 Å². The van der Waals surface area contributed by atoms with Crippen LogP contribution in [0.4, 0.5) is 0 Å². The molecular formula is C7H11N3. The van der Waals surface area contributed by atoms with Crippen LogP contribution < -0.4 is 11.5 Å². The Bertz CT molecular complexity index is 189. The fourth-order valence-corrected chi connectivity index (χ4v) is 0.326. The monoisotopic (exact) mass is 137 g/mol. The van der Waals surface area contributed by atoms with E-state index in [0.717, 1.165) is 0 Å². The molecule has 0 bridgehead atoms. The molecule has 0 saturated carbocycles. The standard InChI is InChI=1S/C7H11N3/c1-6(7(9)10)4-2-3-5-8/h2-5H,1,8H2,(H3,9,10)/b4-2-,5-3-. The van der Waals surface area contributed by atoms with E-state index in [1.54, 1.807) is 18.2 Å². The highest BCUT2D eigenvalue weighted by Gasteiger charge is 1.87. The highest BCUT2D eigenvalue weighted by atomic mass is 14.7. The van der Waals surface area contributed by atoms with Crippen molar-refractivity contribution in [3.63, 3.8) is 0 Å². The van der Waals surface area contributed by atoms with Crippen molar-refractivity contribution in [1.82, 2.24) is 0 Å². The quantitative estimate of drug-likeness (QED) is 0.301. The molecule has 5 N–H and O–H groups in total. The Morgan fingerprint density at radius 1 is 1.40 bits per heavy atom. The third kappa shape index (κ3) is 3.49. The molecule has 3 heteroatoms. The Balaban J connectivity index is 3.90. The van der Waals surface area contributed by atoms with Crippen LogP contribution in [0.3, 0.4) is 0 Å². The van der Waals surface area contributed by atoms with Crippen LogP contribution in [0.5, 0.6) is 0 Å². The molecule has 0 heterocycles. The number of hydrogen-bond acceptors (Lipinski definition) is 2. The summed E-state index contributed by atoms with van der Waals surface area (Å²) in [6.45, 7) is 3.51. The van der Waals surface area contributed by atoms with Gasteiger partial charge in [-0.1, -0.05) is 18.7 Å². The molecule has 3 nitrogen and oxygen atoms in total. The number of nitrogens with two attached hydrogens (primary N) is 2. The highest BCUT2D eigenvalue weighted by molar-refractivity contribution is 5.96. The number of allylic oxidation sites excluding steroid dienone is 2. The summed E-state index contributed by atoms with van der Waals surface area (Å²) in [5.74, 6) is -0.0262. The third-order valence-corrected chi connectivity index (χ3v) is 0.866. The summed E-state index contributed by atoms with van der Waals surface area (Å²) in [5, 5.41) is 6.91. The van der Waals surface area contributed by atoms with Gasteiger partial charge >= 0.3 is 0 Å². The van der Waals surface area contributed by atoms with Gasteiger partial charge in [-0.2, -0.15) is 0 Å². The van der Waals surface area contributed by atoms with Crippen molar-refractivity contribution in [3.8, 4) is 0 Å². The summed E-state index contributed by atoms with van der Waals surface area (Å²) in [6.07, 6.45) is 6.31. The Hall–Kier alpha value is -1.51. The molecule has 0 aliphatic rings. The third-order valence-electron chi connectivity index (χ3n) is 0.866. The van der Waals surface area contributed by atoms with Gasteiger partial charge in [-0.25, -0.2) is 0 Å². The molecule has 0 unspecified atom stereocenters. The lowest BCUT2D eigenvalue weighted by atomic mass is 10.2. The fraction of sp³-hybridized carbons (Fsp3) is 0. The van der Waals surface area contributed by atoms with E-state index in [0.29, 0.717) is 5.57 Å². The lowest BCUT2D eigenvalue weighted by Crippen LogP contribution is -2.09. The molecule has 0 rings (SSSR count). The average Bonchev–Trinajstić information content (AvgIpc) is 1.88. The van der Waals surface area contributed by atoms with Gasteiger partial charge in [-0.15, -0.1) is 0 Å². The van der Waals surface area contributed by atoms with Crippen LogP contribution in [0.15, 0.2) is 36.6 Å². The summed E-state index contributed by atoms with van der Waals surface area (Å²) in [5.41, 5.74) is 10.6. The zero-order valence-corrected chi connectivity index (χ0v) is 5.67. The molecule has 54 valence electrons. The molecule has 0 saturated heterocycles. The van der Waals surface area contributed by atoms with E-state index in [4.69, 9.17) is 16.9 Å². The maximum absolute atomic E-state index is 6.91. The second kappa shape index (κ2) is 4.38. The second-order valence-electron chi connectivity index (χ2n) is 1.68. The van der Waals surface area contributed by atoms with Crippen molar-refractivity contribution in [2.75, 3.05) is 0 Å². The summed E-state index contributed by atoms with van der Waals surface area (Å²) in [4.78, 5) is 0. The minimum atomic E-state index is -0.0262. The normalized spacial score (nSPS) is 10.8. The van der Waals surface area contributed by atoms with Gasteiger partial charge in [0.05, 0.1) is 0 Å². The van der Waals surface area contributed by atoms with Gasteiger partial charge in [0.25, 0.3) is 0 Å². The van der Waals surface area contributed by atoms with Crippen molar-refractivity contribution < 1.29 is 0 Å². The summed E-state index contributed by atoms with van der Waals surface area (Å²) < 4.78 is 0. The van der Waals surface area contributed by atoms with E-state index < -0.39 is 0 Å². The van der Waals surface area contributed by atoms with Crippen molar-refractivity contribution >= 4 is 5.84 Å². The lowest BCUT2D eigenvalue weighted by molar-refractivity contribution is 1.44. The Kier molecular flexibility index (Phi) is 3.72. The number of hydrogen-bond donors (Lipinski definition) is 3. The maximum atomic E-state index is 6.91. The molecule has 0 aromatic heterocycles. The van der Waals surface area contributed by atoms with Gasteiger partial charge in [0.1, 0.15) is 5.84 Å². The Morgan fingerprint density at radius 2 is 2.00 bits per heavy atom. The zero-order valence-electron chi connectivity index (χ0n) is 5.67. The molecule has 0 aliphatic carbocycles. The molecule has 0 aromatic carbocycles. The van der Waals surface area contributed by atoms with Gasteiger partial charge in [-0.3, -0.25) is 5.41 Å². The molecule has 0 fully saturated rings. The van der Waals surface area contributed by atoms with E-state index >= 15 is 0 Å². The number of nitrogens with one attached hydrogen (secondary N) is 1. The Labute approximate surface area is 60.2 Å². The van der Waals surface area contributed by atoms with E-state index in [9.17, 15) is 0 Å². The van der Waals surface area contributed by atoms with Crippen LogP contribution in [0.2, 0.25) is 0 Å². The molecule has 0 aliphatic heterocycles. The van der Waals surface area contributed by atoms with E-state index in [1.807, 2.05) is 0 Å². The van der Waals surface area contributed by atoms with Crippen LogP contribution in [0.25, 0.3) is 0 Å². The molecular weight excluding hydrogens is 126 g/mol. The van der Waals surface area contributed by atoms with Gasteiger partial charge in [0, 0.05) is 5.57 Å². The highest BCUT2D eigenvalue weighted by Crippen LogP contribution is 1.90. The molecule has 0 spiro atoms. The smallest absolute Gasteiger partial charge is 0.122 e. The van der Waals surface area contributed by atoms with Gasteiger partial charge in [0.2, 0.25) is 0 Å². The summed E-state index contributed by atoms with van der Waals surface area (Å²) in [6, 6.07) is 0. The lowest BCUT2D eigenvalue weighted by Gasteiger charge is -1.91. The van der Waals surface area contributed by atoms with Crippen molar-refractivity contribution in [2.24, 2.45) is 11.5 Å². The molecule has 0 radical (unpaired) electrons. The average molecular weight is 137 g/mol. The van der Waals surface area contributed by atoms with Crippen molar-refractivity contribution in [2.45, 2.75) is 0 Å². The molecule has 10 heavy (non-hydrogen) atoms. The molecule has 0 amide bonds. The summed E-state index contributed by atoms with van der Waals surface area (Å²) >= 11 is 0. The van der Waals surface area contributed by atoms with Crippen molar-refractivity contribution in [3.05, 3.63) is 36.6 Å².